The Bertz CT molecular complexity index is 300. The lowest BCUT2D eigenvalue weighted by Gasteiger charge is -2.30. The van der Waals surface area contributed by atoms with Gasteiger partial charge < -0.3 is 10.1 Å². The van der Waals surface area contributed by atoms with Gasteiger partial charge in [0, 0.05) is 19.6 Å². The van der Waals surface area contributed by atoms with E-state index in [-0.39, 0.29) is 0 Å². The fourth-order valence-corrected chi connectivity index (χ4v) is 1.24. The molecule has 84 valence electrons. The second-order valence-corrected chi connectivity index (χ2v) is 4.36. The number of ether oxygens (including phenoxy) is 1. The highest BCUT2D eigenvalue weighted by atomic mass is 16.6. The summed E-state index contributed by atoms with van der Waals surface area (Å²) in [6.45, 7) is 6.83. The predicted octanol–water partition coefficient (Wildman–Crippen LogP) is 0.542. The number of carbonyl (C=O) groups is 1. The molecule has 15 heavy (non-hydrogen) atoms. The van der Waals surface area contributed by atoms with E-state index in [0.717, 1.165) is 0 Å². The van der Waals surface area contributed by atoms with E-state index < -0.39 is 11.7 Å². The molecule has 0 spiro atoms. The third kappa shape index (κ3) is 3.38. The van der Waals surface area contributed by atoms with E-state index >= 15 is 0 Å². The van der Waals surface area contributed by atoms with E-state index in [1.54, 1.807) is 26.7 Å². The maximum Gasteiger partial charge on any atom is 0.415 e. The first kappa shape index (κ1) is 11.8. The summed E-state index contributed by atoms with van der Waals surface area (Å²) in [6, 6.07) is 0. The standard InChI is InChI=1S/C10H16N2O3/c1-10(2,3)15-9(14)12-5-4-11-6-8(12)7-13/h11H,4-6H2,1-3H3. The number of nitrogens with zero attached hydrogens (tertiary/aromatic N) is 1. The van der Waals surface area contributed by atoms with Gasteiger partial charge in [0.1, 0.15) is 17.2 Å². The van der Waals surface area contributed by atoms with Crippen molar-refractivity contribution in [3.63, 3.8) is 0 Å². The van der Waals surface area contributed by atoms with Crippen LogP contribution in [0.3, 0.4) is 0 Å². The number of hydrogen-bond donors (Lipinski definition) is 1. The van der Waals surface area contributed by atoms with Gasteiger partial charge in [-0.3, -0.25) is 4.90 Å². The number of hydrogen-bond acceptors (Lipinski definition) is 4. The number of carbonyl (C=O) groups excluding carboxylic acids is 2. The van der Waals surface area contributed by atoms with Crippen molar-refractivity contribution in [2.24, 2.45) is 0 Å². The second kappa shape index (κ2) is 4.47. The molecule has 1 heterocycles. The minimum atomic E-state index is -0.546. The molecule has 0 aromatic rings. The monoisotopic (exact) mass is 212 g/mol. The number of rotatable bonds is 0. The van der Waals surface area contributed by atoms with Gasteiger partial charge in [-0.05, 0) is 20.8 Å². The van der Waals surface area contributed by atoms with E-state index in [4.69, 9.17) is 4.74 Å². The summed E-state index contributed by atoms with van der Waals surface area (Å²) < 4.78 is 5.17. The quantitative estimate of drug-likeness (QED) is 0.595. The van der Waals surface area contributed by atoms with E-state index in [9.17, 15) is 9.59 Å². The first-order valence-corrected chi connectivity index (χ1v) is 4.89. The van der Waals surface area contributed by atoms with Gasteiger partial charge in [-0.25, -0.2) is 9.59 Å². The summed E-state index contributed by atoms with van der Waals surface area (Å²) in [6.07, 6.45) is -0.484. The molecule has 5 heteroatoms. The van der Waals surface area contributed by atoms with Crippen LogP contribution in [0.15, 0.2) is 5.70 Å². The van der Waals surface area contributed by atoms with Crippen LogP contribution in [0, 0.1) is 0 Å². The molecule has 1 aliphatic heterocycles. The van der Waals surface area contributed by atoms with Gasteiger partial charge in [0.15, 0.2) is 0 Å². The Kier molecular flexibility index (Phi) is 3.50. The largest absolute Gasteiger partial charge is 0.443 e. The molecule has 5 nitrogen and oxygen atoms in total. The molecule has 1 amide bonds. The topological polar surface area (TPSA) is 58.6 Å². The summed E-state index contributed by atoms with van der Waals surface area (Å²) >= 11 is 0. The Hall–Kier alpha value is -1.32. The van der Waals surface area contributed by atoms with Crippen LogP contribution in [-0.2, 0) is 9.53 Å². The average Bonchev–Trinajstić information content (AvgIpc) is 2.15. The van der Waals surface area contributed by atoms with Crippen LogP contribution in [-0.4, -0.2) is 42.2 Å². The third-order valence-corrected chi connectivity index (χ3v) is 1.86. The Morgan fingerprint density at radius 2 is 2.20 bits per heavy atom. The molecule has 0 aromatic carbocycles. The smallest absolute Gasteiger partial charge is 0.415 e. The zero-order valence-corrected chi connectivity index (χ0v) is 9.29. The minimum absolute atomic E-state index is 0.301. The van der Waals surface area contributed by atoms with Gasteiger partial charge in [0.2, 0.25) is 0 Å². The summed E-state index contributed by atoms with van der Waals surface area (Å²) in [5.41, 5.74) is -0.244. The lowest BCUT2D eigenvalue weighted by atomic mass is 10.2. The Balaban J connectivity index is 2.69. The van der Waals surface area contributed by atoms with Gasteiger partial charge in [-0.15, -0.1) is 0 Å². The van der Waals surface area contributed by atoms with Gasteiger partial charge in [-0.1, -0.05) is 0 Å². The number of piperazine rings is 1. The SMILES string of the molecule is CC(C)(C)OC(=O)N1CCNCC1=C=O. The number of amides is 1. The van der Waals surface area contributed by atoms with Gasteiger partial charge in [0.05, 0.1) is 0 Å². The molecule has 1 rings (SSSR count). The van der Waals surface area contributed by atoms with Crippen molar-refractivity contribution >= 4 is 12.0 Å². The highest BCUT2D eigenvalue weighted by Crippen LogP contribution is 2.13. The van der Waals surface area contributed by atoms with Crippen molar-refractivity contribution in [1.82, 2.24) is 10.2 Å². The molecule has 1 fully saturated rings. The summed E-state index contributed by atoms with van der Waals surface area (Å²) in [4.78, 5) is 23.6. The molecule has 0 saturated carbocycles. The minimum Gasteiger partial charge on any atom is -0.443 e. The molecular weight excluding hydrogens is 196 g/mol. The maximum absolute atomic E-state index is 11.7. The van der Waals surface area contributed by atoms with Crippen molar-refractivity contribution in [3.8, 4) is 0 Å². The van der Waals surface area contributed by atoms with E-state index in [1.807, 2.05) is 0 Å². The predicted molar refractivity (Wildman–Crippen MR) is 55.0 cm³/mol. The van der Waals surface area contributed by atoms with Gasteiger partial charge in [-0.2, -0.15) is 0 Å². The first-order chi connectivity index (χ1) is 6.94. The van der Waals surface area contributed by atoms with Crippen LogP contribution in [0.4, 0.5) is 4.79 Å². The van der Waals surface area contributed by atoms with Crippen LogP contribution in [0.25, 0.3) is 0 Å². The molecular formula is C10H16N2O3. The maximum atomic E-state index is 11.7. The summed E-state index contributed by atoms with van der Waals surface area (Å²) in [7, 11) is 0. The molecule has 0 unspecified atom stereocenters. The van der Waals surface area contributed by atoms with Crippen LogP contribution < -0.4 is 5.32 Å². The molecule has 1 saturated heterocycles. The Labute approximate surface area is 89.1 Å². The molecule has 0 bridgehead atoms. The van der Waals surface area contributed by atoms with Crippen LogP contribution in [0.5, 0.6) is 0 Å². The van der Waals surface area contributed by atoms with Crippen molar-refractivity contribution in [3.05, 3.63) is 5.70 Å². The molecule has 1 N–H and O–H groups in total. The fourth-order valence-electron chi connectivity index (χ4n) is 1.24. The van der Waals surface area contributed by atoms with Crippen molar-refractivity contribution < 1.29 is 14.3 Å². The highest BCUT2D eigenvalue weighted by molar-refractivity contribution is 5.74. The van der Waals surface area contributed by atoms with Gasteiger partial charge in [0.25, 0.3) is 0 Å². The molecule has 0 radical (unpaired) electrons. The van der Waals surface area contributed by atoms with Crippen molar-refractivity contribution in [2.75, 3.05) is 19.6 Å². The Morgan fingerprint density at radius 1 is 1.53 bits per heavy atom. The van der Waals surface area contributed by atoms with E-state index in [2.05, 4.69) is 5.32 Å². The molecule has 0 atom stereocenters. The first-order valence-electron chi connectivity index (χ1n) is 4.89. The normalized spacial score (nSPS) is 17.3. The second-order valence-electron chi connectivity index (χ2n) is 4.36. The Morgan fingerprint density at radius 3 is 2.73 bits per heavy atom. The molecule has 0 aromatic heterocycles. The average molecular weight is 212 g/mol. The van der Waals surface area contributed by atoms with Gasteiger partial charge >= 0.3 is 6.09 Å². The van der Waals surface area contributed by atoms with E-state index in [1.165, 1.54) is 4.90 Å². The van der Waals surface area contributed by atoms with Crippen LogP contribution in [0.1, 0.15) is 20.8 Å². The molecule has 0 aliphatic carbocycles. The zero-order valence-electron chi connectivity index (χ0n) is 9.29. The highest BCUT2D eigenvalue weighted by Gasteiger charge is 2.27. The van der Waals surface area contributed by atoms with Crippen molar-refractivity contribution in [2.45, 2.75) is 26.4 Å². The van der Waals surface area contributed by atoms with Crippen molar-refractivity contribution in [1.29, 1.82) is 0 Å². The lowest BCUT2D eigenvalue weighted by Crippen LogP contribution is -2.46. The zero-order chi connectivity index (χ0) is 11.5. The van der Waals surface area contributed by atoms with Crippen LogP contribution in [0.2, 0.25) is 0 Å². The summed E-state index contributed by atoms with van der Waals surface area (Å²) in [5, 5.41) is 2.98. The fraction of sp³-hybridized carbons (Fsp3) is 0.700. The summed E-state index contributed by atoms with van der Waals surface area (Å²) in [5.74, 6) is 1.75. The van der Waals surface area contributed by atoms with E-state index in [0.29, 0.717) is 25.3 Å². The lowest BCUT2D eigenvalue weighted by molar-refractivity contribution is 0.0297. The third-order valence-electron chi connectivity index (χ3n) is 1.86. The van der Waals surface area contributed by atoms with Crippen LogP contribution >= 0.6 is 0 Å². The number of nitrogens with one attached hydrogen (secondary N) is 1. The molecule has 1 aliphatic rings.